The first-order valence-electron chi connectivity index (χ1n) is 13.8. The molecule has 1 aliphatic heterocycles. The molecule has 2 heterocycles. The van der Waals surface area contributed by atoms with Gasteiger partial charge < -0.3 is 9.30 Å². The average molecular weight is 575 g/mol. The van der Waals surface area contributed by atoms with E-state index in [2.05, 4.69) is 5.48 Å². The summed E-state index contributed by atoms with van der Waals surface area (Å²) in [6.45, 7) is 4.78. The highest BCUT2D eigenvalue weighted by Crippen LogP contribution is 2.20. The van der Waals surface area contributed by atoms with Gasteiger partial charge in [-0.2, -0.15) is 0 Å². The second kappa shape index (κ2) is 15.7. The quantitative estimate of drug-likeness (QED) is 0.322. The third-order valence-corrected chi connectivity index (χ3v) is 7.65. The number of hydrogen-bond acceptors (Lipinski definition) is 6. The fourth-order valence-corrected chi connectivity index (χ4v) is 5.28. The molecule has 0 saturated carbocycles. The normalized spacial score (nSPS) is 16.9. The van der Waals surface area contributed by atoms with Crippen molar-refractivity contribution in [1.82, 2.24) is 19.5 Å². The lowest BCUT2D eigenvalue weighted by molar-refractivity contribution is -0.204. The van der Waals surface area contributed by atoms with Crippen LogP contribution in [0.2, 0.25) is 0 Å². The predicted octanol–water partition coefficient (Wildman–Crippen LogP) is 3.98. The Balaban J connectivity index is 1.93. The molecule has 0 spiro atoms. The summed E-state index contributed by atoms with van der Waals surface area (Å²) in [5, 5.41) is 1.11. The van der Waals surface area contributed by atoms with Gasteiger partial charge in [0, 0.05) is 38.4 Å². The Morgan fingerprint density at radius 1 is 1.15 bits per heavy atom. The van der Waals surface area contributed by atoms with E-state index in [1.54, 1.807) is 6.08 Å². The summed E-state index contributed by atoms with van der Waals surface area (Å²) < 4.78 is 34.7. The molecule has 0 aliphatic carbocycles. The third-order valence-electron chi connectivity index (χ3n) is 6.53. The lowest BCUT2D eigenvalue weighted by Crippen LogP contribution is -2.59. The van der Waals surface area contributed by atoms with Crippen LogP contribution in [0.15, 0.2) is 60.9 Å². The van der Waals surface area contributed by atoms with E-state index in [0.29, 0.717) is 26.0 Å². The van der Waals surface area contributed by atoms with Crippen LogP contribution < -0.4 is 5.48 Å². The summed E-state index contributed by atoms with van der Waals surface area (Å²) >= 11 is 0. The maximum absolute atomic E-state index is 13.7. The number of hydrazine groups is 1. The van der Waals surface area contributed by atoms with Gasteiger partial charge in [-0.3, -0.25) is 9.59 Å². The van der Waals surface area contributed by atoms with Crippen LogP contribution in [-0.4, -0.2) is 66.0 Å². The van der Waals surface area contributed by atoms with Crippen molar-refractivity contribution in [2.45, 2.75) is 71.2 Å². The smallest absolute Gasteiger partial charge is 0.268 e. The minimum absolute atomic E-state index is 0.0281. The number of ether oxygens (including phenoxy) is 1. The van der Waals surface area contributed by atoms with Crippen molar-refractivity contribution in [3.63, 3.8) is 0 Å². The molecule has 1 aliphatic rings. The number of nitrogens with zero attached hydrogens (tertiary/aromatic N) is 3. The fourth-order valence-electron chi connectivity index (χ4n) is 4.35. The van der Waals surface area contributed by atoms with E-state index >= 15 is 0 Å². The molecule has 1 fully saturated rings. The number of benzene rings is 1. The molecule has 1 N–H and O–H groups in total. The molecule has 1 saturated heterocycles. The van der Waals surface area contributed by atoms with Gasteiger partial charge in [-0.15, -0.1) is 4.41 Å². The Morgan fingerprint density at radius 2 is 1.88 bits per heavy atom. The number of carbonyl (C=O) groups is 2. The van der Waals surface area contributed by atoms with Crippen LogP contribution >= 0.6 is 0 Å². The zero-order chi connectivity index (χ0) is 29.0. The lowest BCUT2D eigenvalue weighted by Gasteiger charge is -2.38. The minimum atomic E-state index is -3.94. The first-order chi connectivity index (χ1) is 19.1. The summed E-state index contributed by atoms with van der Waals surface area (Å²) in [5.41, 5.74) is 3.37. The number of hydroxylamine groups is 1. The van der Waals surface area contributed by atoms with Crippen molar-refractivity contribution < 1.29 is 27.6 Å². The van der Waals surface area contributed by atoms with E-state index in [9.17, 15) is 18.0 Å². The van der Waals surface area contributed by atoms with Gasteiger partial charge in [0.1, 0.15) is 6.04 Å². The zero-order valence-electron chi connectivity index (χ0n) is 23.6. The molecule has 2 atom stereocenters. The van der Waals surface area contributed by atoms with Crippen molar-refractivity contribution in [2.75, 3.05) is 19.4 Å². The van der Waals surface area contributed by atoms with Crippen LogP contribution in [-0.2, 0) is 35.7 Å². The van der Waals surface area contributed by atoms with Crippen LogP contribution in [0.3, 0.4) is 0 Å². The number of carbonyl (C=O) groups excluding carboxylic acids is 2. The van der Waals surface area contributed by atoms with Gasteiger partial charge >= 0.3 is 0 Å². The number of nitrogens with one attached hydrogen (secondary N) is 1. The highest BCUT2D eigenvalue weighted by molar-refractivity contribution is 7.88. The predicted molar refractivity (Wildman–Crippen MR) is 154 cm³/mol. The van der Waals surface area contributed by atoms with E-state index in [4.69, 9.17) is 9.57 Å². The molecular formula is C29H42N4O6S. The highest BCUT2D eigenvalue weighted by Gasteiger charge is 2.38. The van der Waals surface area contributed by atoms with E-state index in [1.165, 1.54) is 0 Å². The van der Waals surface area contributed by atoms with Crippen molar-refractivity contribution >= 4 is 27.9 Å². The van der Waals surface area contributed by atoms with E-state index in [1.807, 2.05) is 79.3 Å². The average Bonchev–Trinajstić information content (AvgIpc) is 3.45. The molecule has 40 heavy (non-hydrogen) atoms. The van der Waals surface area contributed by atoms with Gasteiger partial charge in [-0.05, 0) is 49.3 Å². The Morgan fingerprint density at radius 3 is 2.50 bits per heavy atom. The summed E-state index contributed by atoms with van der Waals surface area (Å²) in [7, 11) is -3.94. The maximum Gasteiger partial charge on any atom is 0.268 e. The summed E-state index contributed by atoms with van der Waals surface area (Å²) in [6.07, 6.45) is 10.9. The van der Waals surface area contributed by atoms with Gasteiger partial charge in [0.15, 0.2) is 6.29 Å². The van der Waals surface area contributed by atoms with Crippen LogP contribution in [0.25, 0.3) is 6.08 Å². The van der Waals surface area contributed by atoms with Crippen LogP contribution in [0.5, 0.6) is 0 Å². The molecule has 1 aromatic carbocycles. The van der Waals surface area contributed by atoms with Crippen molar-refractivity contribution in [3.05, 3.63) is 66.5 Å². The van der Waals surface area contributed by atoms with Crippen molar-refractivity contribution in [3.8, 4) is 0 Å². The van der Waals surface area contributed by atoms with Gasteiger partial charge in [0.25, 0.3) is 5.91 Å². The second-order valence-corrected chi connectivity index (χ2v) is 12.2. The largest absolute Gasteiger partial charge is 0.353 e. The van der Waals surface area contributed by atoms with Crippen molar-refractivity contribution in [2.24, 2.45) is 5.92 Å². The number of amides is 2. The second-order valence-electron chi connectivity index (χ2n) is 10.3. The Hall–Kier alpha value is -2.99. The molecule has 1 aromatic heterocycles. The van der Waals surface area contributed by atoms with E-state index in [-0.39, 0.29) is 25.3 Å². The minimum Gasteiger partial charge on any atom is -0.353 e. The molecule has 3 rings (SSSR count). The Labute approximate surface area is 237 Å². The molecule has 2 aromatic rings. The Bertz CT molecular complexity index is 1180. The number of hydrogen-bond donors (Lipinski definition) is 1. The summed E-state index contributed by atoms with van der Waals surface area (Å²) in [5.74, 6) is -0.859. The number of rotatable bonds is 15. The molecule has 1 unspecified atom stereocenters. The fraction of sp³-hybridized carbons (Fsp3) is 0.517. The summed E-state index contributed by atoms with van der Waals surface area (Å²) in [4.78, 5) is 32.9. The molecule has 0 bridgehead atoms. The molecule has 2 amide bonds. The number of aromatic nitrogens is 1. The third kappa shape index (κ3) is 10.2. The first kappa shape index (κ1) is 31.5. The van der Waals surface area contributed by atoms with Crippen LogP contribution in [0.1, 0.15) is 57.9 Å². The number of sulfonamides is 1. The monoisotopic (exact) mass is 574 g/mol. The van der Waals surface area contributed by atoms with Crippen LogP contribution in [0, 0.1) is 5.92 Å². The topological polar surface area (TPSA) is 110 Å². The molecule has 11 heteroatoms. The molecular weight excluding hydrogens is 532 g/mol. The van der Waals surface area contributed by atoms with Gasteiger partial charge in [-0.25, -0.2) is 23.7 Å². The van der Waals surface area contributed by atoms with Gasteiger partial charge in [-0.1, -0.05) is 56.3 Å². The summed E-state index contributed by atoms with van der Waals surface area (Å²) in [6, 6.07) is 12.0. The van der Waals surface area contributed by atoms with E-state index in [0.717, 1.165) is 34.1 Å². The first-order valence-corrected chi connectivity index (χ1v) is 15.7. The van der Waals surface area contributed by atoms with E-state index < -0.39 is 34.2 Å². The highest BCUT2D eigenvalue weighted by atomic mass is 32.2. The van der Waals surface area contributed by atoms with Gasteiger partial charge in [0.05, 0.1) is 12.8 Å². The lowest BCUT2D eigenvalue weighted by atomic mass is 10.1. The van der Waals surface area contributed by atoms with Crippen LogP contribution in [0.4, 0.5) is 0 Å². The SMILES string of the molecule is CC(C)CCC(=O)N(C(CC=Cc1ccccc1)C(=O)NO[C@H]1CCCCO1)N(CCn1cccc1)S(C)(=O)=O. The standard InChI is InChI=1S/C29H42N4O6S/c1-24(2)17-18-27(34)33(32(40(3,36)37)22-21-31-19-8-9-20-31)26(15-11-14-25-12-5-4-6-13-25)29(35)30-39-28-16-7-10-23-38-28/h4-6,8-9,11-14,19-20,24,26,28H,7,10,15-18,21-23H2,1-3H3,(H,30,35)/t26?,28-/m0/s1. The molecule has 0 radical (unpaired) electrons. The maximum atomic E-state index is 13.7. The molecule has 220 valence electrons. The Kier molecular flexibility index (Phi) is 12.4. The zero-order valence-corrected chi connectivity index (χ0v) is 24.5. The van der Waals surface area contributed by atoms with Crippen molar-refractivity contribution in [1.29, 1.82) is 0 Å². The molecule has 10 nitrogen and oxygen atoms in total. The van der Waals surface area contributed by atoms with Gasteiger partial charge in [0.2, 0.25) is 15.9 Å².